The molecule has 0 aliphatic carbocycles. The van der Waals surface area contributed by atoms with Crippen LogP contribution >= 0.6 is 0 Å². The molecule has 0 spiro atoms. The number of benzene rings is 1. The van der Waals surface area contributed by atoms with Gasteiger partial charge in [-0.2, -0.15) is 4.31 Å². The first-order valence-electron chi connectivity index (χ1n) is 7.47. The Hall–Kier alpha value is -2.13. The third-order valence-electron chi connectivity index (χ3n) is 4.84. The highest BCUT2D eigenvalue weighted by Gasteiger charge is 2.44. The van der Waals surface area contributed by atoms with Crippen molar-refractivity contribution in [3.8, 4) is 0 Å². The summed E-state index contributed by atoms with van der Waals surface area (Å²) in [7, 11) is -0.605. The third kappa shape index (κ3) is 2.27. The third-order valence-corrected chi connectivity index (χ3v) is 6.68. The van der Waals surface area contributed by atoms with Crippen LogP contribution in [-0.4, -0.2) is 46.0 Å². The first-order chi connectivity index (χ1) is 11.1. The van der Waals surface area contributed by atoms with Gasteiger partial charge in [-0.05, 0) is 31.5 Å². The lowest BCUT2D eigenvalue weighted by molar-refractivity contribution is -0.146. The number of carboxylic acid groups (broad SMARTS) is 1. The molecule has 0 amide bonds. The summed E-state index contributed by atoms with van der Waals surface area (Å²) >= 11 is 0. The molecule has 1 N–H and O–H groups in total. The lowest BCUT2D eigenvalue weighted by atomic mass is 9.90. The molecule has 0 bridgehead atoms. The van der Waals surface area contributed by atoms with Gasteiger partial charge in [0.1, 0.15) is 0 Å². The standard InChI is InChI=1S/C15H19N3O5S/c1-15(13(19)20)6-7-18(9-15)24(22,23)10-4-5-11-12(8-10)17(3)14(21)16(11)2/h4-5,8H,6-7,9H2,1-3H3,(H,19,20). The highest BCUT2D eigenvalue weighted by molar-refractivity contribution is 7.89. The van der Waals surface area contributed by atoms with Crippen molar-refractivity contribution in [2.75, 3.05) is 13.1 Å². The first kappa shape index (κ1) is 16.7. The van der Waals surface area contributed by atoms with Gasteiger partial charge in [-0.3, -0.25) is 13.9 Å². The second kappa shape index (κ2) is 5.18. The van der Waals surface area contributed by atoms with Crippen molar-refractivity contribution in [2.24, 2.45) is 19.5 Å². The molecule has 0 saturated carbocycles. The molecular weight excluding hydrogens is 334 g/mol. The normalized spacial score (nSPS) is 22.3. The summed E-state index contributed by atoms with van der Waals surface area (Å²) in [5, 5.41) is 9.28. The molecule has 1 saturated heterocycles. The van der Waals surface area contributed by atoms with Gasteiger partial charge in [0.15, 0.2) is 0 Å². The number of rotatable bonds is 3. The number of hydrogen-bond acceptors (Lipinski definition) is 4. The molecule has 2 heterocycles. The monoisotopic (exact) mass is 353 g/mol. The van der Waals surface area contributed by atoms with Crippen LogP contribution in [0.4, 0.5) is 0 Å². The van der Waals surface area contributed by atoms with Gasteiger partial charge in [-0.1, -0.05) is 0 Å². The van der Waals surface area contributed by atoms with Gasteiger partial charge in [0.25, 0.3) is 0 Å². The van der Waals surface area contributed by atoms with Gasteiger partial charge in [0, 0.05) is 27.2 Å². The van der Waals surface area contributed by atoms with Gasteiger partial charge in [-0.25, -0.2) is 13.2 Å². The van der Waals surface area contributed by atoms with Crippen LogP contribution in [0, 0.1) is 5.41 Å². The number of aromatic nitrogens is 2. The minimum absolute atomic E-state index is 0.0591. The first-order valence-corrected chi connectivity index (χ1v) is 8.91. The van der Waals surface area contributed by atoms with Crippen LogP contribution < -0.4 is 5.69 Å². The number of imidazole rings is 1. The maximum Gasteiger partial charge on any atom is 0.328 e. The topological polar surface area (TPSA) is 102 Å². The van der Waals surface area contributed by atoms with E-state index >= 15 is 0 Å². The van der Waals surface area contributed by atoms with E-state index in [0.717, 1.165) is 0 Å². The Morgan fingerprint density at radius 1 is 1.21 bits per heavy atom. The molecule has 1 aromatic heterocycles. The fraction of sp³-hybridized carbons (Fsp3) is 0.467. The maximum absolute atomic E-state index is 12.8. The van der Waals surface area contributed by atoms with Crippen molar-refractivity contribution < 1.29 is 18.3 Å². The van der Waals surface area contributed by atoms with E-state index in [1.165, 1.54) is 25.6 Å². The Balaban J connectivity index is 2.05. The van der Waals surface area contributed by atoms with Gasteiger partial charge in [0.2, 0.25) is 10.0 Å². The largest absolute Gasteiger partial charge is 0.481 e. The molecule has 1 atom stereocenters. The van der Waals surface area contributed by atoms with Crippen LogP contribution in [0.2, 0.25) is 0 Å². The van der Waals surface area contributed by atoms with E-state index in [-0.39, 0.29) is 30.1 Å². The van der Waals surface area contributed by atoms with E-state index in [1.54, 1.807) is 27.1 Å². The summed E-state index contributed by atoms with van der Waals surface area (Å²) in [4.78, 5) is 23.4. The number of nitrogens with zero attached hydrogens (tertiary/aromatic N) is 3. The number of carbonyl (C=O) groups is 1. The zero-order valence-corrected chi connectivity index (χ0v) is 14.5. The van der Waals surface area contributed by atoms with E-state index in [2.05, 4.69) is 0 Å². The molecular formula is C15H19N3O5S. The van der Waals surface area contributed by atoms with Crippen LogP contribution in [0.25, 0.3) is 11.0 Å². The molecule has 1 unspecified atom stereocenters. The second-order valence-corrected chi connectivity index (χ2v) is 8.44. The lowest BCUT2D eigenvalue weighted by Gasteiger charge is -2.20. The Kier molecular flexibility index (Phi) is 3.61. The fourth-order valence-corrected chi connectivity index (χ4v) is 4.68. The van der Waals surface area contributed by atoms with Crippen molar-refractivity contribution in [3.05, 3.63) is 28.7 Å². The molecule has 130 valence electrons. The molecule has 1 aliphatic heterocycles. The fourth-order valence-electron chi connectivity index (χ4n) is 3.09. The van der Waals surface area contributed by atoms with Crippen molar-refractivity contribution in [3.63, 3.8) is 0 Å². The Labute approximate surface area is 139 Å². The van der Waals surface area contributed by atoms with Crippen LogP contribution in [-0.2, 0) is 28.9 Å². The molecule has 1 fully saturated rings. The Bertz CT molecular complexity index is 1000. The van der Waals surface area contributed by atoms with Crippen molar-refractivity contribution in [1.82, 2.24) is 13.4 Å². The SMILES string of the molecule is Cn1c(=O)n(C)c2cc(S(=O)(=O)N3CCC(C)(C(=O)O)C3)ccc21. The average molecular weight is 353 g/mol. The lowest BCUT2D eigenvalue weighted by Crippen LogP contribution is -2.34. The quantitative estimate of drug-likeness (QED) is 0.859. The smallest absolute Gasteiger partial charge is 0.328 e. The van der Waals surface area contributed by atoms with Crippen LogP contribution in [0.1, 0.15) is 13.3 Å². The molecule has 9 heteroatoms. The molecule has 0 radical (unpaired) electrons. The zero-order chi connectivity index (χ0) is 17.9. The second-order valence-electron chi connectivity index (χ2n) is 6.51. The number of carboxylic acids is 1. The number of sulfonamides is 1. The van der Waals surface area contributed by atoms with Crippen molar-refractivity contribution >= 4 is 27.0 Å². The van der Waals surface area contributed by atoms with E-state index < -0.39 is 21.4 Å². The average Bonchev–Trinajstić information content (AvgIpc) is 3.04. The summed E-state index contributed by atoms with van der Waals surface area (Å²) in [5.74, 6) is -0.999. The van der Waals surface area contributed by atoms with Crippen molar-refractivity contribution in [1.29, 1.82) is 0 Å². The van der Waals surface area contributed by atoms with Crippen LogP contribution in [0.5, 0.6) is 0 Å². The molecule has 1 aliphatic rings. The summed E-state index contributed by atoms with van der Waals surface area (Å²) in [6.45, 7) is 1.66. The predicted molar refractivity (Wildman–Crippen MR) is 87.3 cm³/mol. The number of fused-ring (bicyclic) bond motifs is 1. The highest BCUT2D eigenvalue weighted by Crippen LogP contribution is 2.34. The summed E-state index contributed by atoms with van der Waals surface area (Å²) in [5.41, 5.74) is -0.155. The van der Waals surface area contributed by atoms with E-state index in [0.29, 0.717) is 11.0 Å². The summed E-state index contributed by atoms with van der Waals surface area (Å²) < 4.78 is 29.7. The van der Waals surface area contributed by atoms with E-state index in [4.69, 9.17) is 0 Å². The Morgan fingerprint density at radius 2 is 1.83 bits per heavy atom. The highest BCUT2D eigenvalue weighted by atomic mass is 32.2. The molecule has 8 nitrogen and oxygen atoms in total. The van der Waals surface area contributed by atoms with Gasteiger partial charge >= 0.3 is 11.7 Å². The minimum atomic E-state index is -3.81. The van der Waals surface area contributed by atoms with E-state index in [1.807, 2.05) is 0 Å². The van der Waals surface area contributed by atoms with Crippen molar-refractivity contribution in [2.45, 2.75) is 18.2 Å². The molecule has 1 aromatic carbocycles. The summed E-state index contributed by atoms with van der Waals surface area (Å²) in [6.07, 6.45) is 0.271. The number of hydrogen-bond donors (Lipinski definition) is 1. The summed E-state index contributed by atoms with van der Waals surface area (Å²) in [6, 6.07) is 4.51. The Morgan fingerprint density at radius 3 is 2.42 bits per heavy atom. The minimum Gasteiger partial charge on any atom is -0.481 e. The van der Waals surface area contributed by atoms with Gasteiger partial charge in [-0.15, -0.1) is 0 Å². The molecule has 2 aromatic rings. The zero-order valence-electron chi connectivity index (χ0n) is 13.7. The predicted octanol–water partition coefficient (Wildman–Crippen LogP) is 0.362. The number of aliphatic carboxylic acids is 1. The van der Waals surface area contributed by atoms with Gasteiger partial charge < -0.3 is 5.11 Å². The van der Waals surface area contributed by atoms with E-state index in [9.17, 15) is 23.1 Å². The van der Waals surface area contributed by atoms with Gasteiger partial charge in [0.05, 0.1) is 21.3 Å². The maximum atomic E-state index is 12.8. The number of aryl methyl sites for hydroxylation is 2. The van der Waals surface area contributed by atoms with Crippen LogP contribution in [0.15, 0.2) is 27.9 Å². The van der Waals surface area contributed by atoms with Crippen LogP contribution in [0.3, 0.4) is 0 Å². The molecule has 24 heavy (non-hydrogen) atoms. The molecule has 3 rings (SSSR count).